The number of hydrogen-bond donors (Lipinski definition) is 0. The van der Waals surface area contributed by atoms with Crippen LogP contribution in [0.15, 0.2) is 217 Å². The summed E-state index contributed by atoms with van der Waals surface area (Å²) in [5.74, 6) is 0. The normalized spacial score (nSPS) is 12.4. The SMILES string of the molecule is O=c1c2ccccc2c2cccc3c4c(-c5ccc6c7ccccc7c7ccc(-n8c9ccccc9c9cc%10c%11ccccc%11n(-c%11ccccc%11)c%10cc98)cc7c6c5)cccc4n1c23. The molecule has 65 heavy (non-hydrogen) atoms. The van der Waals surface area contributed by atoms with Gasteiger partial charge in [0.15, 0.2) is 0 Å². The molecule has 15 aromatic rings. The van der Waals surface area contributed by atoms with Gasteiger partial charge in [0.1, 0.15) is 0 Å². The molecule has 15 rings (SSSR count). The Bertz CT molecular complexity index is 4610. The summed E-state index contributed by atoms with van der Waals surface area (Å²) in [4.78, 5) is 14.3. The maximum atomic E-state index is 14.3. The van der Waals surface area contributed by atoms with Crippen LogP contribution in [0.25, 0.3) is 136 Å². The average molecular weight is 826 g/mol. The Morgan fingerprint density at radius 3 is 1.49 bits per heavy atom. The Labute approximate surface area is 371 Å². The van der Waals surface area contributed by atoms with E-state index in [4.69, 9.17) is 0 Å². The standard InChI is InChI=1S/C61H35N3O/c65-61-48-21-7-6-18-42(48)47-23-12-24-49-59-39(22-13-27-56(59)64(61)60(47)49)36-28-30-43-40-16-4-5-17-41(40)44-31-29-38(33-51(44)50(43)32-36)63-55-26-11-9-20-46(55)53-34-52-45-19-8-10-25-54(45)62(57(52)35-58(53)63)37-14-2-1-3-15-37/h1-35H. The molecule has 300 valence electrons. The van der Waals surface area contributed by atoms with Gasteiger partial charge in [-0.05, 0) is 116 Å². The molecule has 4 heterocycles. The summed E-state index contributed by atoms with van der Waals surface area (Å²) in [6.07, 6.45) is 0. The molecule has 4 heteroatoms. The van der Waals surface area contributed by atoms with Crippen molar-refractivity contribution in [2.24, 2.45) is 0 Å². The fraction of sp³-hybridized carbons (Fsp3) is 0. The molecule has 0 bridgehead atoms. The van der Waals surface area contributed by atoms with Crippen molar-refractivity contribution in [1.82, 2.24) is 13.5 Å². The lowest BCUT2D eigenvalue weighted by atomic mass is 9.91. The Morgan fingerprint density at radius 1 is 0.277 bits per heavy atom. The van der Waals surface area contributed by atoms with Crippen molar-refractivity contribution in [3.63, 3.8) is 0 Å². The van der Waals surface area contributed by atoms with Crippen LogP contribution in [0, 0.1) is 0 Å². The largest absolute Gasteiger partial charge is 0.309 e. The van der Waals surface area contributed by atoms with Crippen molar-refractivity contribution < 1.29 is 0 Å². The second-order valence-corrected chi connectivity index (χ2v) is 17.6. The van der Waals surface area contributed by atoms with E-state index in [1.807, 2.05) is 22.6 Å². The lowest BCUT2D eigenvalue weighted by Gasteiger charge is -2.15. The molecule has 0 spiro atoms. The Hall–Kier alpha value is -8.73. The molecule has 0 saturated carbocycles. The van der Waals surface area contributed by atoms with E-state index in [-0.39, 0.29) is 5.56 Å². The third kappa shape index (κ3) is 4.57. The van der Waals surface area contributed by atoms with Crippen molar-refractivity contribution in [3.8, 4) is 22.5 Å². The van der Waals surface area contributed by atoms with Gasteiger partial charge in [0, 0.05) is 54.5 Å². The van der Waals surface area contributed by atoms with Crippen molar-refractivity contribution in [2.75, 3.05) is 0 Å². The zero-order valence-electron chi connectivity index (χ0n) is 35.0. The molecule has 0 amide bonds. The van der Waals surface area contributed by atoms with Gasteiger partial charge in [-0.3, -0.25) is 9.20 Å². The van der Waals surface area contributed by atoms with Crippen molar-refractivity contribution in [3.05, 3.63) is 223 Å². The van der Waals surface area contributed by atoms with Gasteiger partial charge in [0.05, 0.1) is 33.1 Å². The van der Waals surface area contributed by atoms with Crippen LogP contribution in [-0.4, -0.2) is 13.5 Å². The second-order valence-electron chi connectivity index (χ2n) is 17.6. The summed E-state index contributed by atoms with van der Waals surface area (Å²) in [5.41, 5.74) is 11.1. The van der Waals surface area contributed by atoms with Crippen LogP contribution < -0.4 is 5.56 Å². The van der Waals surface area contributed by atoms with Gasteiger partial charge >= 0.3 is 0 Å². The Balaban J connectivity index is 1.03. The summed E-state index contributed by atoms with van der Waals surface area (Å²) in [5, 5.41) is 17.3. The highest BCUT2D eigenvalue weighted by Gasteiger charge is 2.22. The van der Waals surface area contributed by atoms with E-state index >= 15 is 0 Å². The number of aromatic nitrogens is 3. The molecule has 0 saturated heterocycles. The maximum absolute atomic E-state index is 14.3. The minimum absolute atomic E-state index is 0.0206. The fourth-order valence-electron chi connectivity index (χ4n) is 11.6. The van der Waals surface area contributed by atoms with Crippen LogP contribution in [0.1, 0.15) is 0 Å². The number of para-hydroxylation sites is 4. The van der Waals surface area contributed by atoms with Gasteiger partial charge in [0.25, 0.3) is 5.56 Å². The quantitative estimate of drug-likeness (QED) is 0.163. The fourth-order valence-corrected chi connectivity index (χ4v) is 11.6. The Morgan fingerprint density at radius 2 is 0.785 bits per heavy atom. The molecule has 0 aliphatic heterocycles. The number of hydrogen-bond acceptors (Lipinski definition) is 1. The van der Waals surface area contributed by atoms with Crippen LogP contribution >= 0.6 is 0 Å². The monoisotopic (exact) mass is 825 g/mol. The maximum Gasteiger partial charge on any atom is 0.263 e. The van der Waals surface area contributed by atoms with E-state index in [0.29, 0.717) is 0 Å². The first kappa shape index (κ1) is 34.8. The smallest absolute Gasteiger partial charge is 0.263 e. The molecule has 4 nitrogen and oxygen atoms in total. The third-order valence-electron chi connectivity index (χ3n) is 14.3. The summed E-state index contributed by atoms with van der Waals surface area (Å²) in [6.45, 7) is 0. The van der Waals surface area contributed by atoms with E-state index in [0.717, 1.165) is 60.5 Å². The van der Waals surface area contributed by atoms with Crippen LogP contribution in [-0.2, 0) is 0 Å². The molecule has 0 aliphatic rings. The van der Waals surface area contributed by atoms with Gasteiger partial charge in [0.2, 0.25) is 0 Å². The number of fused-ring (bicyclic) bond motifs is 17. The van der Waals surface area contributed by atoms with E-state index in [1.165, 1.54) is 75.9 Å². The first-order valence-corrected chi connectivity index (χ1v) is 22.3. The van der Waals surface area contributed by atoms with Gasteiger partial charge in [-0.1, -0.05) is 146 Å². The van der Waals surface area contributed by atoms with Crippen molar-refractivity contribution in [1.29, 1.82) is 0 Å². The molecular formula is C61H35N3O. The molecule has 0 aliphatic carbocycles. The molecule has 0 radical (unpaired) electrons. The lowest BCUT2D eigenvalue weighted by molar-refractivity contribution is 1.17. The van der Waals surface area contributed by atoms with Gasteiger partial charge in [-0.2, -0.15) is 0 Å². The first-order chi connectivity index (χ1) is 32.2. The Kier molecular flexibility index (Phi) is 6.79. The van der Waals surface area contributed by atoms with E-state index in [9.17, 15) is 4.79 Å². The number of pyridine rings is 1. The number of benzene rings is 11. The van der Waals surface area contributed by atoms with E-state index in [2.05, 4.69) is 203 Å². The van der Waals surface area contributed by atoms with Crippen LogP contribution in [0.3, 0.4) is 0 Å². The molecule has 0 N–H and O–H groups in total. The molecule has 0 fully saturated rings. The predicted molar refractivity (Wildman–Crippen MR) is 274 cm³/mol. The van der Waals surface area contributed by atoms with Crippen molar-refractivity contribution in [2.45, 2.75) is 0 Å². The lowest BCUT2D eigenvalue weighted by Crippen LogP contribution is -2.12. The molecule has 11 aromatic carbocycles. The van der Waals surface area contributed by atoms with E-state index < -0.39 is 0 Å². The topological polar surface area (TPSA) is 31.3 Å². The highest BCUT2D eigenvalue weighted by atomic mass is 16.1. The number of nitrogens with zero attached hydrogens (tertiary/aromatic N) is 3. The second kappa shape index (κ2) is 12.7. The summed E-state index contributed by atoms with van der Waals surface area (Å²) < 4.78 is 6.82. The zero-order valence-corrected chi connectivity index (χ0v) is 35.0. The van der Waals surface area contributed by atoms with Crippen LogP contribution in [0.4, 0.5) is 0 Å². The van der Waals surface area contributed by atoms with Gasteiger partial charge in [-0.25, -0.2) is 0 Å². The molecule has 0 atom stereocenters. The molecule has 4 aromatic heterocycles. The van der Waals surface area contributed by atoms with E-state index in [1.54, 1.807) is 0 Å². The average Bonchev–Trinajstić information content (AvgIpc) is 4.01. The highest BCUT2D eigenvalue weighted by molar-refractivity contribution is 6.28. The molecular weight excluding hydrogens is 791 g/mol. The summed E-state index contributed by atoms with van der Waals surface area (Å²) in [7, 11) is 0. The minimum Gasteiger partial charge on any atom is -0.309 e. The zero-order chi connectivity index (χ0) is 42.5. The predicted octanol–water partition coefficient (Wildman–Crippen LogP) is 15.5. The first-order valence-electron chi connectivity index (χ1n) is 22.3. The van der Waals surface area contributed by atoms with Gasteiger partial charge in [-0.15, -0.1) is 0 Å². The summed E-state index contributed by atoms with van der Waals surface area (Å²) >= 11 is 0. The van der Waals surface area contributed by atoms with Crippen LogP contribution in [0.5, 0.6) is 0 Å². The summed E-state index contributed by atoms with van der Waals surface area (Å²) in [6, 6.07) is 76.8. The van der Waals surface area contributed by atoms with Crippen LogP contribution in [0.2, 0.25) is 0 Å². The van der Waals surface area contributed by atoms with Gasteiger partial charge < -0.3 is 9.13 Å². The minimum atomic E-state index is 0.0206. The highest BCUT2D eigenvalue weighted by Crippen LogP contribution is 2.44. The number of rotatable bonds is 3. The third-order valence-corrected chi connectivity index (χ3v) is 14.3. The van der Waals surface area contributed by atoms with Crippen molar-refractivity contribution >= 4 is 114 Å². The molecule has 0 unspecified atom stereocenters.